The molecule has 0 saturated heterocycles. The molecule has 0 radical (unpaired) electrons. The van der Waals surface area contributed by atoms with Crippen molar-refractivity contribution in [2.45, 2.75) is 20.3 Å². The molecule has 9 heavy (non-hydrogen) atoms. The number of hydrogen-bond acceptors (Lipinski definition) is 0. The summed E-state index contributed by atoms with van der Waals surface area (Å²) in [6.45, 7) is 4.00. The number of rotatable bonds is 0. The van der Waals surface area contributed by atoms with Gasteiger partial charge in [-0.2, -0.15) is 19.9 Å². The van der Waals surface area contributed by atoms with Crippen molar-refractivity contribution in [1.82, 2.24) is 0 Å². The summed E-state index contributed by atoms with van der Waals surface area (Å²) in [6, 6.07) is 0. The first-order valence-corrected chi connectivity index (χ1v) is 2.87. The van der Waals surface area contributed by atoms with Gasteiger partial charge < -0.3 is 6.42 Å². The molecule has 0 nitrogen and oxygen atoms in total. The minimum absolute atomic E-state index is 0. The molecule has 0 fully saturated rings. The van der Waals surface area contributed by atoms with Gasteiger partial charge in [-0.3, -0.25) is 6.08 Å². The van der Waals surface area contributed by atoms with Crippen molar-refractivity contribution in [2.75, 3.05) is 0 Å². The normalized spacial score (nSPS) is 11.8. The average Bonchev–Trinajstić information content (AvgIpc) is 2.17. The quantitative estimate of drug-likeness (QED) is 0.420. The van der Waals surface area contributed by atoms with Gasteiger partial charge in [-0.25, -0.2) is 12.2 Å². The third kappa shape index (κ3) is 11.6. The summed E-state index contributed by atoms with van der Waals surface area (Å²) < 4.78 is 0. The fourth-order valence-electron chi connectivity index (χ4n) is 0.340. The van der Waals surface area contributed by atoms with E-state index in [2.05, 4.69) is 12.2 Å². The third-order valence-corrected chi connectivity index (χ3v) is 0.586. The molecule has 0 aromatic rings. The molecule has 0 N–H and O–H groups in total. The molecule has 0 unspecified atom stereocenters. The summed E-state index contributed by atoms with van der Waals surface area (Å²) in [4.78, 5) is 0. The first kappa shape index (κ1) is 11.9. The van der Waals surface area contributed by atoms with Crippen LogP contribution in [-0.2, 0) is 21.1 Å². The van der Waals surface area contributed by atoms with Crippen LogP contribution in [0.2, 0.25) is 0 Å². The Morgan fingerprint density at radius 3 is 2.11 bits per heavy atom. The maximum absolute atomic E-state index is 2.99. The van der Waals surface area contributed by atoms with Crippen LogP contribution >= 0.6 is 0 Å². The predicted molar refractivity (Wildman–Crippen MR) is 40.0 cm³/mol. The summed E-state index contributed by atoms with van der Waals surface area (Å²) >= 11 is 0. The third-order valence-electron chi connectivity index (χ3n) is 0.586. The van der Waals surface area contributed by atoms with E-state index in [-0.39, 0.29) is 21.1 Å². The Kier molecular flexibility index (Phi) is 14.6. The second-order valence-electron chi connectivity index (χ2n) is 1.58. The van der Waals surface area contributed by atoms with E-state index in [0.29, 0.717) is 0 Å². The summed E-state index contributed by atoms with van der Waals surface area (Å²) in [5.74, 6) is 0. The van der Waals surface area contributed by atoms with Crippen LogP contribution in [0, 0.1) is 12.5 Å². The van der Waals surface area contributed by atoms with Crippen molar-refractivity contribution in [3.05, 3.63) is 30.7 Å². The number of hydrogen-bond donors (Lipinski definition) is 0. The zero-order valence-electron chi connectivity index (χ0n) is 6.02. The molecule has 0 aromatic carbocycles. The van der Waals surface area contributed by atoms with Crippen molar-refractivity contribution in [3.8, 4) is 0 Å². The van der Waals surface area contributed by atoms with E-state index in [1.807, 2.05) is 32.4 Å². The summed E-state index contributed by atoms with van der Waals surface area (Å²) in [5.41, 5.74) is 0. The Morgan fingerprint density at radius 2 is 2.00 bits per heavy atom. The maximum atomic E-state index is 2.99. The minimum atomic E-state index is 0. The van der Waals surface area contributed by atoms with Gasteiger partial charge in [-0.05, 0) is 0 Å². The molecule has 0 aliphatic heterocycles. The van der Waals surface area contributed by atoms with E-state index in [9.17, 15) is 0 Å². The molecule has 0 aromatic heterocycles. The van der Waals surface area contributed by atoms with Crippen molar-refractivity contribution < 1.29 is 21.1 Å². The van der Waals surface area contributed by atoms with E-state index in [4.69, 9.17) is 0 Å². The Labute approximate surface area is 72.3 Å². The second-order valence-corrected chi connectivity index (χ2v) is 1.58. The van der Waals surface area contributed by atoms with E-state index >= 15 is 0 Å². The monoisotopic (exact) mass is 208 g/mol. The molecule has 1 heteroatoms. The predicted octanol–water partition coefficient (Wildman–Crippen LogP) is 2.00. The number of allylic oxidation sites excluding steroid dienone is 4. The van der Waals surface area contributed by atoms with E-state index in [1.54, 1.807) is 0 Å². The van der Waals surface area contributed by atoms with Gasteiger partial charge in [0.1, 0.15) is 0 Å². The molecular formula is C8H14Mo-2. The van der Waals surface area contributed by atoms with Gasteiger partial charge in [0.2, 0.25) is 0 Å². The topological polar surface area (TPSA) is 0 Å². The van der Waals surface area contributed by atoms with Gasteiger partial charge in [-0.1, -0.05) is 0 Å². The van der Waals surface area contributed by atoms with Crippen LogP contribution in [0.25, 0.3) is 0 Å². The first-order valence-electron chi connectivity index (χ1n) is 2.87. The summed E-state index contributed by atoms with van der Waals surface area (Å²) in [5, 5.41) is 0. The van der Waals surface area contributed by atoms with Gasteiger partial charge in [0.25, 0.3) is 0 Å². The van der Waals surface area contributed by atoms with Crippen LogP contribution in [0.4, 0.5) is 0 Å². The Bertz CT molecular complexity index is 72.6. The van der Waals surface area contributed by atoms with Crippen molar-refractivity contribution in [2.24, 2.45) is 0 Å². The van der Waals surface area contributed by atoms with E-state index < -0.39 is 0 Å². The molecule has 1 aliphatic rings. The molecule has 0 atom stereocenters. The molecule has 0 bridgehead atoms. The summed E-state index contributed by atoms with van der Waals surface area (Å²) in [7, 11) is 0. The zero-order chi connectivity index (χ0) is 6.24. The van der Waals surface area contributed by atoms with Crippen LogP contribution in [-0.4, -0.2) is 0 Å². The molecule has 1 aliphatic carbocycles. The Balaban J connectivity index is 0. The van der Waals surface area contributed by atoms with Crippen LogP contribution < -0.4 is 0 Å². The van der Waals surface area contributed by atoms with Crippen molar-refractivity contribution in [3.63, 3.8) is 0 Å². The van der Waals surface area contributed by atoms with Gasteiger partial charge in [0.05, 0.1) is 0 Å². The molecular weight excluding hydrogens is 192 g/mol. The molecule has 1 rings (SSSR count). The SMILES string of the molecule is C[CH-]C.[C-]1=CC=CC1.[MoH2]. The van der Waals surface area contributed by atoms with Crippen LogP contribution in [0.1, 0.15) is 20.3 Å². The second kappa shape index (κ2) is 11.0. The van der Waals surface area contributed by atoms with Gasteiger partial charge >= 0.3 is 21.1 Å². The Hall–Kier alpha value is 0.168. The van der Waals surface area contributed by atoms with E-state index in [1.165, 1.54) is 0 Å². The van der Waals surface area contributed by atoms with Crippen molar-refractivity contribution in [1.29, 1.82) is 0 Å². The first-order chi connectivity index (χ1) is 3.91. The fourth-order valence-corrected chi connectivity index (χ4v) is 0.340. The standard InChI is InChI=1S/C5H5.C3H7.Mo.2H/c1-2-4-5-3-1;1-3-2;;;/h1-3H,4H2;3H,1-2H3;;;/q2*-1;;;. The summed E-state index contributed by atoms with van der Waals surface area (Å²) in [6.07, 6.45) is 12.0. The van der Waals surface area contributed by atoms with Gasteiger partial charge in [0.15, 0.2) is 0 Å². The molecule has 54 valence electrons. The fraction of sp³-hybridized carbons (Fsp3) is 0.375. The molecule has 0 amide bonds. The van der Waals surface area contributed by atoms with E-state index in [0.717, 1.165) is 6.42 Å². The van der Waals surface area contributed by atoms with Gasteiger partial charge in [0, 0.05) is 0 Å². The van der Waals surface area contributed by atoms with Crippen molar-refractivity contribution >= 4 is 0 Å². The van der Waals surface area contributed by atoms with Crippen LogP contribution in [0.15, 0.2) is 18.2 Å². The van der Waals surface area contributed by atoms with Crippen LogP contribution in [0.3, 0.4) is 0 Å². The van der Waals surface area contributed by atoms with Gasteiger partial charge in [-0.15, -0.1) is 6.42 Å². The molecule has 0 saturated carbocycles. The molecule has 0 spiro atoms. The molecule has 0 heterocycles. The average molecular weight is 206 g/mol. The zero-order valence-corrected chi connectivity index (χ0v) is 8.47. The Morgan fingerprint density at radius 1 is 1.44 bits per heavy atom. The van der Waals surface area contributed by atoms with Crippen LogP contribution in [0.5, 0.6) is 0 Å².